The molecule has 2 aromatic rings. The first kappa shape index (κ1) is 19.5. The van der Waals surface area contributed by atoms with Crippen molar-refractivity contribution < 1.29 is 14.5 Å². The quantitative estimate of drug-likeness (QED) is 0.263. The number of thiocarbonyl (C=S) groups is 1. The van der Waals surface area contributed by atoms with Crippen LogP contribution in [0.1, 0.15) is 12.5 Å². The highest BCUT2D eigenvalue weighted by Crippen LogP contribution is 2.37. The van der Waals surface area contributed by atoms with Gasteiger partial charge in [-0.05, 0) is 64.8 Å². The van der Waals surface area contributed by atoms with E-state index in [2.05, 4.69) is 15.9 Å². The highest BCUT2D eigenvalue weighted by molar-refractivity contribution is 9.10. The van der Waals surface area contributed by atoms with Crippen LogP contribution in [0.5, 0.6) is 5.75 Å². The molecule has 0 saturated carbocycles. The predicted molar refractivity (Wildman–Crippen MR) is 114 cm³/mol. The van der Waals surface area contributed by atoms with Gasteiger partial charge in [-0.2, -0.15) is 0 Å². The first-order valence-electron chi connectivity index (χ1n) is 7.85. The van der Waals surface area contributed by atoms with E-state index in [0.29, 0.717) is 37.3 Å². The van der Waals surface area contributed by atoms with Gasteiger partial charge in [0.25, 0.3) is 11.6 Å². The largest absolute Gasteiger partial charge is 0.494 e. The SMILES string of the molecule is CCOc1ccc(N2C(=O)/C(=C/c3ccc(Br)c([N+](=O)[O-])c3)SC2=S)cc1. The van der Waals surface area contributed by atoms with Gasteiger partial charge in [-0.25, -0.2) is 0 Å². The van der Waals surface area contributed by atoms with Crippen molar-refractivity contribution in [1.82, 2.24) is 0 Å². The second-order valence-corrected chi connectivity index (χ2v) is 7.94. The van der Waals surface area contributed by atoms with Gasteiger partial charge in [0.15, 0.2) is 4.32 Å². The molecule has 0 aliphatic carbocycles. The highest BCUT2D eigenvalue weighted by atomic mass is 79.9. The van der Waals surface area contributed by atoms with Gasteiger partial charge in [-0.1, -0.05) is 30.0 Å². The number of nitro groups is 1. The van der Waals surface area contributed by atoms with Gasteiger partial charge >= 0.3 is 0 Å². The zero-order valence-corrected chi connectivity index (χ0v) is 17.3. The minimum Gasteiger partial charge on any atom is -0.494 e. The van der Waals surface area contributed by atoms with Gasteiger partial charge in [0, 0.05) is 6.07 Å². The Hall–Kier alpha value is -2.23. The summed E-state index contributed by atoms with van der Waals surface area (Å²) in [5, 5.41) is 11.1. The molecule has 1 aliphatic heterocycles. The van der Waals surface area contributed by atoms with E-state index in [0.717, 1.165) is 11.8 Å². The number of amides is 1. The van der Waals surface area contributed by atoms with E-state index >= 15 is 0 Å². The normalized spacial score (nSPS) is 15.5. The summed E-state index contributed by atoms with van der Waals surface area (Å²) in [5.41, 5.74) is 1.13. The number of thioether (sulfide) groups is 1. The number of hydrogen-bond acceptors (Lipinski definition) is 6. The summed E-state index contributed by atoms with van der Waals surface area (Å²) in [6, 6.07) is 11.8. The number of nitrogens with zero attached hydrogens (tertiary/aromatic N) is 2. The van der Waals surface area contributed by atoms with Gasteiger partial charge in [0.1, 0.15) is 5.75 Å². The van der Waals surface area contributed by atoms with Crippen LogP contribution < -0.4 is 9.64 Å². The number of anilines is 1. The molecule has 0 radical (unpaired) electrons. The lowest BCUT2D eigenvalue weighted by molar-refractivity contribution is -0.385. The van der Waals surface area contributed by atoms with Gasteiger partial charge in [0.05, 0.1) is 26.6 Å². The summed E-state index contributed by atoms with van der Waals surface area (Å²) in [4.78, 5) is 25.2. The Kier molecular flexibility index (Phi) is 5.93. The summed E-state index contributed by atoms with van der Waals surface area (Å²) < 4.78 is 6.19. The zero-order valence-electron chi connectivity index (χ0n) is 14.0. The number of carbonyl (C=O) groups is 1. The maximum Gasteiger partial charge on any atom is 0.284 e. The van der Waals surface area contributed by atoms with Gasteiger partial charge < -0.3 is 4.74 Å². The number of halogens is 1. The number of rotatable bonds is 5. The number of ether oxygens (including phenoxy) is 1. The molecule has 6 nitrogen and oxygen atoms in total. The smallest absolute Gasteiger partial charge is 0.284 e. The van der Waals surface area contributed by atoms with Crippen LogP contribution in [0, 0.1) is 10.1 Å². The molecule has 2 aromatic carbocycles. The van der Waals surface area contributed by atoms with Crippen LogP contribution in [0.3, 0.4) is 0 Å². The van der Waals surface area contributed by atoms with Crippen molar-refractivity contribution >= 4 is 67.6 Å². The Balaban J connectivity index is 1.88. The molecule has 3 rings (SSSR count). The molecule has 1 heterocycles. The van der Waals surface area contributed by atoms with E-state index in [1.54, 1.807) is 42.5 Å². The Bertz CT molecular complexity index is 960. The van der Waals surface area contributed by atoms with Gasteiger partial charge in [-0.15, -0.1) is 0 Å². The molecular weight excluding hydrogens is 452 g/mol. The van der Waals surface area contributed by atoms with Gasteiger partial charge in [0.2, 0.25) is 0 Å². The van der Waals surface area contributed by atoms with Crippen LogP contribution in [-0.2, 0) is 4.79 Å². The number of hydrogen-bond donors (Lipinski definition) is 0. The molecule has 0 N–H and O–H groups in total. The lowest BCUT2D eigenvalue weighted by atomic mass is 10.2. The highest BCUT2D eigenvalue weighted by Gasteiger charge is 2.33. The molecule has 0 spiro atoms. The minimum atomic E-state index is -0.480. The van der Waals surface area contributed by atoms with Crippen LogP contribution in [0.15, 0.2) is 51.8 Å². The molecule has 1 fully saturated rings. The summed E-state index contributed by atoms with van der Waals surface area (Å²) in [6.07, 6.45) is 1.60. The molecule has 9 heteroatoms. The Morgan fingerprint density at radius 2 is 2.00 bits per heavy atom. The van der Waals surface area contributed by atoms with Crippen LogP contribution >= 0.6 is 39.9 Å². The lowest BCUT2D eigenvalue weighted by Gasteiger charge is -2.15. The fourth-order valence-electron chi connectivity index (χ4n) is 2.46. The topological polar surface area (TPSA) is 72.7 Å². The number of nitro benzene ring substituents is 1. The van der Waals surface area contributed by atoms with Crippen molar-refractivity contribution in [2.45, 2.75) is 6.92 Å². The van der Waals surface area contributed by atoms with Crippen molar-refractivity contribution in [2.24, 2.45) is 0 Å². The van der Waals surface area contributed by atoms with Crippen LogP contribution in [-0.4, -0.2) is 21.8 Å². The van der Waals surface area contributed by atoms with Crippen molar-refractivity contribution in [3.63, 3.8) is 0 Å². The molecule has 0 unspecified atom stereocenters. The van der Waals surface area contributed by atoms with Crippen LogP contribution in [0.25, 0.3) is 6.08 Å². The molecule has 138 valence electrons. The molecule has 0 bridgehead atoms. The average Bonchev–Trinajstić information content (AvgIpc) is 2.91. The van der Waals surface area contributed by atoms with E-state index in [9.17, 15) is 14.9 Å². The standard InChI is InChI=1S/C18H13BrN2O4S2/c1-2-25-13-6-4-12(5-7-13)20-17(22)16(27-18(20)26)10-11-3-8-14(19)15(9-11)21(23)24/h3-10H,2H2,1H3/b16-10-. The first-order valence-corrected chi connectivity index (χ1v) is 9.87. The van der Waals surface area contributed by atoms with Crippen molar-refractivity contribution in [3.05, 3.63) is 67.5 Å². The Morgan fingerprint density at radius 3 is 2.63 bits per heavy atom. The molecule has 1 aliphatic rings. The fraction of sp³-hybridized carbons (Fsp3) is 0.111. The maximum absolute atomic E-state index is 12.8. The minimum absolute atomic E-state index is 0.0641. The predicted octanol–water partition coefficient (Wildman–Crippen LogP) is 5.16. The summed E-state index contributed by atoms with van der Waals surface area (Å²) in [6.45, 7) is 2.45. The Morgan fingerprint density at radius 1 is 1.30 bits per heavy atom. The second kappa shape index (κ2) is 8.20. The molecule has 0 atom stereocenters. The van der Waals surface area contributed by atoms with Crippen LogP contribution in [0.4, 0.5) is 11.4 Å². The van der Waals surface area contributed by atoms with E-state index in [-0.39, 0.29) is 11.6 Å². The van der Waals surface area contributed by atoms with E-state index < -0.39 is 4.92 Å². The van der Waals surface area contributed by atoms with E-state index in [1.807, 2.05) is 6.92 Å². The van der Waals surface area contributed by atoms with Crippen molar-refractivity contribution in [2.75, 3.05) is 11.5 Å². The summed E-state index contributed by atoms with van der Waals surface area (Å²) >= 11 is 9.65. The van der Waals surface area contributed by atoms with E-state index in [1.165, 1.54) is 11.0 Å². The third-order valence-electron chi connectivity index (χ3n) is 3.66. The maximum atomic E-state index is 12.8. The fourth-order valence-corrected chi connectivity index (χ4v) is 4.15. The molecule has 27 heavy (non-hydrogen) atoms. The van der Waals surface area contributed by atoms with Crippen LogP contribution in [0.2, 0.25) is 0 Å². The monoisotopic (exact) mass is 464 g/mol. The lowest BCUT2D eigenvalue weighted by Crippen LogP contribution is -2.27. The first-order chi connectivity index (χ1) is 12.9. The summed E-state index contributed by atoms with van der Waals surface area (Å²) in [5.74, 6) is 0.448. The van der Waals surface area contributed by atoms with Crippen molar-refractivity contribution in [3.8, 4) is 5.75 Å². The van der Waals surface area contributed by atoms with Crippen molar-refractivity contribution in [1.29, 1.82) is 0 Å². The van der Waals surface area contributed by atoms with Gasteiger partial charge in [-0.3, -0.25) is 19.8 Å². The molecule has 1 saturated heterocycles. The molecule has 1 amide bonds. The molecular formula is C18H13BrN2O4S2. The number of benzene rings is 2. The Labute approximate surface area is 173 Å². The summed E-state index contributed by atoms with van der Waals surface area (Å²) in [7, 11) is 0. The number of carbonyl (C=O) groups excluding carboxylic acids is 1. The molecule has 0 aromatic heterocycles. The third-order valence-corrected chi connectivity index (χ3v) is 5.64. The zero-order chi connectivity index (χ0) is 19.6. The third kappa shape index (κ3) is 4.20. The van der Waals surface area contributed by atoms with E-state index in [4.69, 9.17) is 17.0 Å². The average molecular weight is 465 g/mol. The second-order valence-electron chi connectivity index (χ2n) is 5.41.